The smallest absolute Gasteiger partial charge is 0.303 e. The van der Waals surface area contributed by atoms with Gasteiger partial charge in [-0.25, -0.2) is 4.98 Å². The number of oxazole rings is 1. The van der Waals surface area contributed by atoms with E-state index in [1.807, 2.05) is 0 Å². The van der Waals surface area contributed by atoms with Crippen molar-refractivity contribution in [2.75, 3.05) is 0 Å². The molecule has 1 heterocycles. The number of carbonyl (C=O) groups is 1. The van der Waals surface area contributed by atoms with Crippen molar-refractivity contribution in [2.24, 2.45) is 5.73 Å². The zero-order chi connectivity index (χ0) is 9.84. The SMILES string of the molecule is NC(CCC(=O)O)c1cnc(Br)o1. The Morgan fingerprint density at radius 3 is 3.00 bits per heavy atom. The van der Waals surface area contributed by atoms with Crippen LogP contribution in [0.2, 0.25) is 0 Å². The number of hydrogen-bond acceptors (Lipinski definition) is 4. The Bertz CT molecular complexity index is 300. The van der Waals surface area contributed by atoms with Gasteiger partial charge in [-0.2, -0.15) is 0 Å². The number of hydrogen-bond donors (Lipinski definition) is 2. The molecular weight excluding hydrogens is 240 g/mol. The lowest BCUT2D eigenvalue weighted by Gasteiger charge is -2.04. The topological polar surface area (TPSA) is 89.4 Å². The van der Waals surface area contributed by atoms with Gasteiger partial charge in [-0.1, -0.05) is 0 Å². The fourth-order valence-electron chi connectivity index (χ4n) is 0.857. The first-order valence-electron chi connectivity index (χ1n) is 3.68. The Balaban J connectivity index is 2.48. The van der Waals surface area contributed by atoms with Crippen molar-refractivity contribution in [1.82, 2.24) is 4.98 Å². The van der Waals surface area contributed by atoms with Crippen LogP contribution in [0.15, 0.2) is 15.4 Å². The molecule has 0 aromatic carbocycles. The molecule has 0 saturated carbocycles. The van der Waals surface area contributed by atoms with Crippen LogP contribution in [0, 0.1) is 0 Å². The molecule has 13 heavy (non-hydrogen) atoms. The second-order valence-electron chi connectivity index (χ2n) is 2.55. The quantitative estimate of drug-likeness (QED) is 0.839. The zero-order valence-electron chi connectivity index (χ0n) is 6.74. The number of aliphatic carboxylic acids is 1. The minimum atomic E-state index is -0.867. The maximum absolute atomic E-state index is 10.2. The fourth-order valence-corrected chi connectivity index (χ4v) is 1.15. The predicted molar refractivity (Wildman–Crippen MR) is 48.0 cm³/mol. The van der Waals surface area contributed by atoms with E-state index < -0.39 is 12.0 Å². The van der Waals surface area contributed by atoms with Crippen LogP contribution >= 0.6 is 15.9 Å². The zero-order valence-corrected chi connectivity index (χ0v) is 8.32. The van der Waals surface area contributed by atoms with Crippen molar-refractivity contribution in [3.05, 3.63) is 16.8 Å². The first kappa shape index (κ1) is 10.2. The van der Waals surface area contributed by atoms with Gasteiger partial charge in [0.2, 0.25) is 0 Å². The van der Waals surface area contributed by atoms with E-state index >= 15 is 0 Å². The molecule has 1 aromatic rings. The first-order valence-corrected chi connectivity index (χ1v) is 4.47. The van der Waals surface area contributed by atoms with Gasteiger partial charge in [0.25, 0.3) is 4.80 Å². The molecule has 1 unspecified atom stereocenters. The van der Waals surface area contributed by atoms with Gasteiger partial charge in [0.05, 0.1) is 12.2 Å². The summed E-state index contributed by atoms with van der Waals surface area (Å²) in [5, 5.41) is 8.40. The molecule has 1 aromatic heterocycles. The Morgan fingerprint density at radius 2 is 2.54 bits per heavy atom. The summed E-state index contributed by atoms with van der Waals surface area (Å²) in [6.45, 7) is 0. The average molecular weight is 249 g/mol. The van der Waals surface area contributed by atoms with Crippen molar-refractivity contribution in [1.29, 1.82) is 0 Å². The van der Waals surface area contributed by atoms with Crippen LogP contribution in [-0.2, 0) is 4.79 Å². The van der Waals surface area contributed by atoms with Gasteiger partial charge in [-0.3, -0.25) is 4.79 Å². The van der Waals surface area contributed by atoms with Crippen molar-refractivity contribution >= 4 is 21.9 Å². The van der Waals surface area contributed by atoms with Crippen LogP contribution in [0.3, 0.4) is 0 Å². The van der Waals surface area contributed by atoms with Crippen LogP contribution in [0.25, 0.3) is 0 Å². The highest BCUT2D eigenvalue weighted by molar-refractivity contribution is 9.10. The Labute approximate surface area is 83.1 Å². The summed E-state index contributed by atoms with van der Waals surface area (Å²) in [7, 11) is 0. The monoisotopic (exact) mass is 248 g/mol. The highest BCUT2D eigenvalue weighted by Crippen LogP contribution is 2.19. The minimum Gasteiger partial charge on any atom is -0.481 e. The lowest BCUT2D eigenvalue weighted by Crippen LogP contribution is -2.11. The number of carboxylic acids is 1. The molecule has 0 fully saturated rings. The van der Waals surface area contributed by atoms with Crippen molar-refractivity contribution < 1.29 is 14.3 Å². The molecule has 0 aliphatic carbocycles. The molecule has 0 aliphatic heterocycles. The molecule has 0 saturated heterocycles. The summed E-state index contributed by atoms with van der Waals surface area (Å²) in [6, 6.07) is -0.408. The molecule has 5 nitrogen and oxygen atoms in total. The van der Waals surface area contributed by atoms with Gasteiger partial charge in [-0.05, 0) is 6.42 Å². The van der Waals surface area contributed by atoms with Gasteiger partial charge in [-0.15, -0.1) is 0 Å². The van der Waals surface area contributed by atoms with Crippen molar-refractivity contribution in [3.8, 4) is 0 Å². The molecule has 1 rings (SSSR count). The fraction of sp³-hybridized carbons (Fsp3) is 0.429. The molecule has 3 N–H and O–H groups in total. The predicted octanol–water partition coefficient (Wildman–Crippen LogP) is 1.30. The van der Waals surface area contributed by atoms with Crippen LogP contribution in [0.4, 0.5) is 0 Å². The van der Waals surface area contributed by atoms with Crippen molar-refractivity contribution in [3.63, 3.8) is 0 Å². The second-order valence-corrected chi connectivity index (χ2v) is 3.23. The molecule has 0 bridgehead atoms. The van der Waals surface area contributed by atoms with E-state index in [0.717, 1.165) is 0 Å². The number of nitrogens with zero attached hydrogens (tertiary/aromatic N) is 1. The maximum Gasteiger partial charge on any atom is 0.303 e. The van der Waals surface area contributed by atoms with E-state index in [9.17, 15) is 4.79 Å². The van der Waals surface area contributed by atoms with Gasteiger partial charge < -0.3 is 15.3 Å². The maximum atomic E-state index is 10.2. The third-order valence-corrected chi connectivity index (χ3v) is 1.90. The molecule has 0 radical (unpaired) electrons. The summed E-state index contributed by atoms with van der Waals surface area (Å²) >= 11 is 3.03. The van der Waals surface area contributed by atoms with Crippen LogP contribution in [-0.4, -0.2) is 16.1 Å². The number of nitrogens with two attached hydrogens (primary N) is 1. The van der Waals surface area contributed by atoms with E-state index in [1.54, 1.807) is 0 Å². The third kappa shape index (κ3) is 3.16. The van der Waals surface area contributed by atoms with Crippen LogP contribution in [0.5, 0.6) is 0 Å². The highest BCUT2D eigenvalue weighted by Gasteiger charge is 2.12. The van der Waals surface area contributed by atoms with E-state index in [4.69, 9.17) is 15.3 Å². The molecule has 1 atom stereocenters. The van der Waals surface area contributed by atoms with E-state index in [2.05, 4.69) is 20.9 Å². The molecule has 0 spiro atoms. The standard InChI is InChI=1S/C7H9BrN2O3/c8-7-10-3-5(13-7)4(9)1-2-6(11)12/h3-4H,1-2,9H2,(H,11,12). The first-order chi connectivity index (χ1) is 6.09. The van der Waals surface area contributed by atoms with Gasteiger partial charge in [0, 0.05) is 22.4 Å². The van der Waals surface area contributed by atoms with Gasteiger partial charge in [0.15, 0.2) is 0 Å². The Hall–Kier alpha value is -0.880. The van der Waals surface area contributed by atoms with Gasteiger partial charge >= 0.3 is 5.97 Å². The van der Waals surface area contributed by atoms with E-state index in [-0.39, 0.29) is 6.42 Å². The lowest BCUT2D eigenvalue weighted by molar-refractivity contribution is -0.137. The van der Waals surface area contributed by atoms with Crippen LogP contribution in [0.1, 0.15) is 24.6 Å². The summed E-state index contributed by atoms with van der Waals surface area (Å²) < 4.78 is 5.07. The normalized spacial score (nSPS) is 12.8. The van der Waals surface area contributed by atoms with Crippen molar-refractivity contribution in [2.45, 2.75) is 18.9 Å². The van der Waals surface area contributed by atoms with E-state index in [1.165, 1.54) is 6.20 Å². The molecule has 72 valence electrons. The molecular formula is C7H9BrN2O3. The number of carboxylic acid groups (broad SMARTS) is 1. The Kier molecular flexibility index (Phi) is 3.44. The van der Waals surface area contributed by atoms with Crippen LogP contribution < -0.4 is 5.73 Å². The highest BCUT2D eigenvalue weighted by atomic mass is 79.9. The Morgan fingerprint density at radius 1 is 1.85 bits per heavy atom. The summed E-state index contributed by atoms with van der Waals surface area (Å²) in [6.07, 6.45) is 1.85. The lowest BCUT2D eigenvalue weighted by atomic mass is 10.1. The number of rotatable bonds is 4. The number of halogens is 1. The molecule has 0 aliphatic rings. The largest absolute Gasteiger partial charge is 0.481 e. The minimum absolute atomic E-state index is 0.0273. The van der Waals surface area contributed by atoms with Gasteiger partial charge in [0.1, 0.15) is 5.76 Å². The van der Waals surface area contributed by atoms with E-state index in [0.29, 0.717) is 17.0 Å². The second kappa shape index (κ2) is 4.38. The molecule has 0 amide bonds. The average Bonchev–Trinajstić information content (AvgIpc) is 2.47. The summed E-state index contributed by atoms with van der Waals surface area (Å²) in [4.78, 5) is 14.4. The number of aromatic nitrogens is 1. The third-order valence-electron chi connectivity index (χ3n) is 1.53. The summed E-state index contributed by atoms with van der Waals surface area (Å²) in [5.74, 6) is -0.373. The molecule has 6 heteroatoms. The summed E-state index contributed by atoms with van der Waals surface area (Å²) in [5.41, 5.74) is 5.64.